The quantitative estimate of drug-likeness (QED) is 0.783. The molecule has 1 aliphatic heterocycles. The number of anilines is 1. The summed E-state index contributed by atoms with van der Waals surface area (Å²) in [6.07, 6.45) is 0. The first-order valence-corrected chi connectivity index (χ1v) is 6.02. The number of para-hydroxylation sites is 1. The molecule has 4 heteroatoms. The van der Waals surface area contributed by atoms with Crippen molar-refractivity contribution in [3.05, 3.63) is 30.3 Å². The van der Waals surface area contributed by atoms with Gasteiger partial charge in [-0.3, -0.25) is 4.90 Å². The molecule has 2 amide bonds. The topological polar surface area (TPSA) is 32.8 Å². The Bertz CT molecular complexity index is 361. The van der Waals surface area contributed by atoms with Crippen LogP contribution < -0.4 is 4.90 Å². The zero-order chi connectivity index (χ0) is 12.1. The number of carbonyl (C=O) groups is 1. The van der Waals surface area contributed by atoms with Gasteiger partial charge in [0.1, 0.15) is 0 Å². The van der Waals surface area contributed by atoms with Crippen LogP contribution in [0.3, 0.4) is 0 Å². The van der Waals surface area contributed by atoms with Gasteiger partial charge in [0.2, 0.25) is 0 Å². The highest BCUT2D eigenvalue weighted by atomic mass is 16.5. The molecule has 2 rings (SSSR count). The normalized spacial score (nSPS) is 15.7. The molecule has 0 aliphatic carbocycles. The number of ether oxygens (including phenoxy) is 1. The average Bonchev–Trinajstić information content (AvgIpc) is 2.42. The van der Waals surface area contributed by atoms with Gasteiger partial charge < -0.3 is 9.64 Å². The summed E-state index contributed by atoms with van der Waals surface area (Å²) in [5, 5.41) is 0. The Morgan fingerprint density at radius 2 is 1.94 bits per heavy atom. The second kappa shape index (κ2) is 5.68. The van der Waals surface area contributed by atoms with Gasteiger partial charge in [-0.15, -0.1) is 0 Å². The van der Waals surface area contributed by atoms with E-state index in [9.17, 15) is 4.79 Å². The van der Waals surface area contributed by atoms with Gasteiger partial charge in [-0.25, -0.2) is 4.79 Å². The van der Waals surface area contributed by atoms with Crippen LogP contribution in [-0.2, 0) is 4.74 Å². The Labute approximate surface area is 102 Å². The third-order valence-electron chi connectivity index (χ3n) is 2.90. The van der Waals surface area contributed by atoms with Crippen LogP contribution in [0.1, 0.15) is 6.92 Å². The Hall–Kier alpha value is -1.55. The van der Waals surface area contributed by atoms with Gasteiger partial charge in [0.15, 0.2) is 0 Å². The molecular weight excluding hydrogens is 216 g/mol. The molecule has 17 heavy (non-hydrogen) atoms. The molecule has 0 spiro atoms. The van der Waals surface area contributed by atoms with E-state index in [0.29, 0.717) is 32.8 Å². The predicted octanol–water partition coefficient (Wildman–Crippen LogP) is 1.97. The molecule has 0 unspecified atom stereocenters. The lowest BCUT2D eigenvalue weighted by molar-refractivity contribution is 0.0549. The van der Waals surface area contributed by atoms with Crippen molar-refractivity contribution in [2.24, 2.45) is 0 Å². The summed E-state index contributed by atoms with van der Waals surface area (Å²) in [6, 6.07) is 9.84. The molecule has 1 aromatic carbocycles. The van der Waals surface area contributed by atoms with Crippen LogP contribution >= 0.6 is 0 Å². The molecule has 1 heterocycles. The molecule has 0 aromatic heterocycles. The monoisotopic (exact) mass is 234 g/mol. The minimum atomic E-state index is 0.0713. The highest BCUT2D eigenvalue weighted by Crippen LogP contribution is 2.15. The maximum atomic E-state index is 12.3. The van der Waals surface area contributed by atoms with Gasteiger partial charge in [0.25, 0.3) is 0 Å². The SMILES string of the molecule is CCN(C(=O)N1CCOCC1)c1ccccc1. The van der Waals surface area contributed by atoms with Crippen molar-refractivity contribution >= 4 is 11.7 Å². The van der Waals surface area contributed by atoms with Crippen LogP contribution in [0, 0.1) is 0 Å². The number of hydrogen-bond acceptors (Lipinski definition) is 2. The lowest BCUT2D eigenvalue weighted by Crippen LogP contribution is -2.48. The fourth-order valence-corrected chi connectivity index (χ4v) is 1.96. The summed E-state index contributed by atoms with van der Waals surface area (Å²) in [5.41, 5.74) is 0.950. The van der Waals surface area contributed by atoms with Gasteiger partial charge in [-0.2, -0.15) is 0 Å². The second-order valence-corrected chi connectivity index (χ2v) is 3.96. The molecule has 1 aliphatic rings. The third-order valence-corrected chi connectivity index (χ3v) is 2.90. The van der Waals surface area contributed by atoms with Gasteiger partial charge in [-0.05, 0) is 19.1 Å². The fourth-order valence-electron chi connectivity index (χ4n) is 1.96. The summed E-state index contributed by atoms with van der Waals surface area (Å²) in [5.74, 6) is 0. The van der Waals surface area contributed by atoms with Crippen LogP contribution in [0.15, 0.2) is 30.3 Å². The molecule has 0 radical (unpaired) electrons. The maximum Gasteiger partial charge on any atom is 0.324 e. The van der Waals surface area contributed by atoms with Crippen molar-refractivity contribution < 1.29 is 9.53 Å². The van der Waals surface area contributed by atoms with E-state index < -0.39 is 0 Å². The zero-order valence-electron chi connectivity index (χ0n) is 10.1. The van der Waals surface area contributed by atoms with Gasteiger partial charge in [0.05, 0.1) is 13.2 Å². The Kier molecular flexibility index (Phi) is 3.98. The van der Waals surface area contributed by atoms with Crippen molar-refractivity contribution in [1.29, 1.82) is 0 Å². The second-order valence-electron chi connectivity index (χ2n) is 3.96. The number of benzene rings is 1. The Morgan fingerprint density at radius 3 is 2.53 bits per heavy atom. The molecule has 92 valence electrons. The van der Waals surface area contributed by atoms with E-state index in [2.05, 4.69) is 0 Å². The lowest BCUT2D eigenvalue weighted by atomic mass is 10.3. The molecular formula is C13H18N2O2. The van der Waals surface area contributed by atoms with Gasteiger partial charge >= 0.3 is 6.03 Å². The van der Waals surface area contributed by atoms with Gasteiger partial charge in [-0.1, -0.05) is 18.2 Å². The highest BCUT2D eigenvalue weighted by Gasteiger charge is 2.22. The molecule has 1 aromatic rings. The predicted molar refractivity (Wildman–Crippen MR) is 67.3 cm³/mol. The van der Waals surface area contributed by atoms with E-state index in [1.165, 1.54) is 0 Å². The summed E-state index contributed by atoms with van der Waals surface area (Å²) in [4.78, 5) is 16.0. The number of carbonyl (C=O) groups excluding carboxylic acids is 1. The first-order valence-electron chi connectivity index (χ1n) is 6.02. The third kappa shape index (κ3) is 2.77. The summed E-state index contributed by atoms with van der Waals surface area (Å²) >= 11 is 0. The Balaban J connectivity index is 2.10. The molecule has 0 N–H and O–H groups in total. The number of nitrogens with zero attached hydrogens (tertiary/aromatic N) is 2. The smallest absolute Gasteiger partial charge is 0.324 e. The van der Waals surface area contributed by atoms with E-state index in [4.69, 9.17) is 4.74 Å². The van der Waals surface area contributed by atoms with Crippen molar-refractivity contribution in [3.63, 3.8) is 0 Å². The van der Waals surface area contributed by atoms with Crippen molar-refractivity contribution in [2.75, 3.05) is 37.7 Å². The summed E-state index contributed by atoms with van der Waals surface area (Å²) in [6.45, 7) is 5.31. The van der Waals surface area contributed by atoms with Crippen molar-refractivity contribution in [1.82, 2.24) is 4.90 Å². The number of rotatable bonds is 2. The van der Waals surface area contributed by atoms with Crippen LogP contribution in [0.2, 0.25) is 0 Å². The van der Waals surface area contributed by atoms with Crippen LogP contribution in [0.25, 0.3) is 0 Å². The van der Waals surface area contributed by atoms with Crippen LogP contribution in [-0.4, -0.2) is 43.8 Å². The standard InChI is InChI=1S/C13H18N2O2/c1-2-15(12-6-4-3-5-7-12)13(16)14-8-10-17-11-9-14/h3-7H,2,8-11H2,1H3. The van der Waals surface area contributed by atoms with Crippen molar-refractivity contribution in [2.45, 2.75) is 6.92 Å². The number of hydrogen-bond donors (Lipinski definition) is 0. The molecule has 0 saturated carbocycles. The van der Waals surface area contributed by atoms with E-state index in [1.807, 2.05) is 42.2 Å². The van der Waals surface area contributed by atoms with Crippen molar-refractivity contribution in [3.8, 4) is 0 Å². The first-order chi connectivity index (χ1) is 8.33. The fraction of sp³-hybridized carbons (Fsp3) is 0.462. The number of morpholine rings is 1. The van der Waals surface area contributed by atoms with E-state index in [-0.39, 0.29) is 6.03 Å². The minimum absolute atomic E-state index is 0.0713. The number of amides is 2. The maximum absolute atomic E-state index is 12.3. The van der Waals surface area contributed by atoms with E-state index in [1.54, 1.807) is 4.90 Å². The number of urea groups is 1. The zero-order valence-corrected chi connectivity index (χ0v) is 10.1. The summed E-state index contributed by atoms with van der Waals surface area (Å²) < 4.78 is 5.26. The summed E-state index contributed by atoms with van der Waals surface area (Å²) in [7, 11) is 0. The van der Waals surface area contributed by atoms with Crippen LogP contribution in [0.5, 0.6) is 0 Å². The molecule has 0 atom stereocenters. The molecule has 1 fully saturated rings. The average molecular weight is 234 g/mol. The van der Waals surface area contributed by atoms with Crippen LogP contribution in [0.4, 0.5) is 10.5 Å². The minimum Gasteiger partial charge on any atom is -0.378 e. The lowest BCUT2D eigenvalue weighted by Gasteiger charge is -2.32. The molecule has 4 nitrogen and oxygen atoms in total. The van der Waals surface area contributed by atoms with E-state index >= 15 is 0 Å². The highest BCUT2D eigenvalue weighted by molar-refractivity contribution is 5.91. The first kappa shape index (κ1) is 11.9. The van der Waals surface area contributed by atoms with E-state index in [0.717, 1.165) is 5.69 Å². The molecule has 0 bridgehead atoms. The van der Waals surface area contributed by atoms with Gasteiger partial charge in [0, 0.05) is 25.3 Å². The molecule has 1 saturated heterocycles. The Morgan fingerprint density at radius 1 is 1.29 bits per heavy atom. The largest absolute Gasteiger partial charge is 0.378 e.